The first-order valence-corrected chi connectivity index (χ1v) is 7.29. The molecule has 23 heavy (non-hydrogen) atoms. The summed E-state index contributed by atoms with van der Waals surface area (Å²) in [4.78, 5) is 11.9. The molecular weight excluding hydrogens is 296 g/mol. The molecule has 0 fully saturated rings. The molecule has 1 amide bonds. The number of carbonyl (C=O) groups excluding carboxylic acids is 1. The standard InChI is InChI=1S/C15H18N6O2/c1-8(2)23-11-6-4-10(5-7-11)13-12(14(16)22)9(3)17-15-18-19-20-21(13)15/h4-8,13H,1-3H3,(H2,16,22)(H,17,18,20). The highest BCUT2D eigenvalue weighted by Gasteiger charge is 2.32. The zero-order valence-electron chi connectivity index (χ0n) is 13.1. The molecule has 8 heteroatoms. The Morgan fingerprint density at radius 2 is 2.04 bits per heavy atom. The Morgan fingerprint density at radius 1 is 1.35 bits per heavy atom. The number of carbonyl (C=O) groups is 1. The van der Waals surface area contributed by atoms with Gasteiger partial charge in [0.25, 0.3) is 0 Å². The van der Waals surface area contributed by atoms with E-state index in [0.717, 1.165) is 11.3 Å². The summed E-state index contributed by atoms with van der Waals surface area (Å²) in [6, 6.07) is 7.02. The average molecular weight is 314 g/mol. The van der Waals surface area contributed by atoms with Gasteiger partial charge >= 0.3 is 0 Å². The van der Waals surface area contributed by atoms with Crippen molar-refractivity contribution in [2.45, 2.75) is 32.9 Å². The number of nitrogens with one attached hydrogen (secondary N) is 1. The van der Waals surface area contributed by atoms with E-state index in [-0.39, 0.29) is 6.10 Å². The van der Waals surface area contributed by atoms with Crippen LogP contribution in [0.25, 0.3) is 0 Å². The molecule has 0 bridgehead atoms. The van der Waals surface area contributed by atoms with Crippen LogP contribution in [0.2, 0.25) is 0 Å². The second kappa shape index (κ2) is 5.71. The van der Waals surface area contributed by atoms with Crippen molar-refractivity contribution in [3.63, 3.8) is 0 Å². The van der Waals surface area contributed by atoms with Crippen molar-refractivity contribution in [2.24, 2.45) is 5.73 Å². The molecule has 3 N–H and O–H groups in total. The molecule has 0 aliphatic carbocycles. The van der Waals surface area contributed by atoms with Gasteiger partial charge in [0, 0.05) is 5.70 Å². The predicted octanol–water partition coefficient (Wildman–Crippen LogP) is 1.23. The van der Waals surface area contributed by atoms with Crippen LogP contribution in [0.3, 0.4) is 0 Å². The fraction of sp³-hybridized carbons (Fsp3) is 0.333. The number of tetrazole rings is 1. The van der Waals surface area contributed by atoms with Crippen molar-refractivity contribution >= 4 is 11.9 Å². The van der Waals surface area contributed by atoms with E-state index in [2.05, 4.69) is 20.8 Å². The maximum absolute atomic E-state index is 11.9. The molecule has 2 aromatic rings. The fourth-order valence-corrected chi connectivity index (χ4v) is 2.64. The number of ether oxygens (including phenoxy) is 1. The van der Waals surface area contributed by atoms with Gasteiger partial charge in [0.05, 0.1) is 11.7 Å². The third kappa shape index (κ3) is 2.75. The van der Waals surface area contributed by atoms with Gasteiger partial charge in [-0.2, -0.15) is 4.68 Å². The molecule has 1 unspecified atom stereocenters. The monoisotopic (exact) mass is 314 g/mol. The molecule has 1 aliphatic rings. The van der Waals surface area contributed by atoms with Gasteiger partial charge in [-0.15, -0.1) is 0 Å². The lowest BCUT2D eigenvalue weighted by atomic mass is 9.95. The van der Waals surface area contributed by atoms with Gasteiger partial charge in [0.2, 0.25) is 11.9 Å². The molecule has 1 aromatic heterocycles. The SMILES string of the molecule is CC1=C(C(N)=O)C(c2ccc(OC(C)C)cc2)n2nnnc2N1. The topological polar surface area (TPSA) is 108 Å². The van der Waals surface area contributed by atoms with E-state index < -0.39 is 11.9 Å². The minimum Gasteiger partial charge on any atom is -0.491 e. The number of benzene rings is 1. The van der Waals surface area contributed by atoms with Crippen molar-refractivity contribution in [2.75, 3.05) is 5.32 Å². The Balaban J connectivity index is 2.04. The molecule has 120 valence electrons. The van der Waals surface area contributed by atoms with Crippen LogP contribution in [0.15, 0.2) is 35.5 Å². The van der Waals surface area contributed by atoms with Crippen molar-refractivity contribution in [1.82, 2.24) is 20.2 Å². The second-order valence-electron chi connectivity index (χ2n) is 5.61. The van der Waals surface area contributed by atoms with E-state index in [9.17, 15) is 4.79 Å². The van der Waals surface area contributed by atoms with Gasteiger partial charge in [0.1, 0.15) is 11.8 Å². The number of primary amides is 1. The number of anilines is 1. The Kier molecular flexibility index (Phi) is 3.73. The molecule has 1 atom stereocenters. The lowest BCUT2D eigenvalue weighted by Gasteiger charge is -2.27. The normalized spacial score (nSPS) is 17.0. The highest BCUT2D eigenvalue weighted by molar-refractivity contribution is 5.95. The Hall–Kier alpha value is -2.90. The quantitative estimate of drug-likeness (QED) is 0.879. The minimum atomic E-state index is -0.511. The first kappa shape index (κ1) is 15.0. The lowest BCUT2D eigenvalue weighted by molar-refractivity contribution is -0.115. The van der Waals surface area contributed by atoms with Crippen molar-refractivity contribution in [3.05, 3.63) is 41.1 Å². The van der Waals surface area contributed by atoms with Crippen LogP contribution < -0.4 is 15.8 Å². The minimum absolute atomic E-state index is 0.0918. The summed E-state index contributed by atoms with van der Waals surface area (Å²) in [7, 11) is 0. The molecule has 1 aliphatic heterocycles. The number of hydrogen-bond donors (Lipinski definition) is 2. The summed E-state index contributed by atoms with van der Waals surface area (Å²) in [5.74, 6) is 0.722. The molecule has 2 heterocycles. The maximum Gasteiger partial charge on any atom is 0.248 e. The van der Waals surface area contributed by atoms with Gasteiger partial charge in [-0.25, -0.2) is 0 Å². The average Bonchev–Trinajstić information content (AvgIpc) is 2.93. The molecule has 0 saturated heterocycles. The summed E-state index contributed by atoms with van der Waals surface area (Å²) in [6.45, 7) is 5.71. The van der Waals surface area contributed by atoms with Gasteiger partial charge in [-0.3, -0.25) is 4.79 Å². The van der Waals surface area contributed by atoms with E-state index in [0.29, 0.717) is 17.2 Å². The van der Waals surface area contributed by atoms with Crippen LogP contribution in [0.5, 0.6) is 5.75 Å². The van der Waals surface area contributed by atoms with Crippen LogP contribution in [0.4, 0.5) is 5.95 Å². The number of fused-ring (bicyclic) bond motifs is 1. The highest BCUT2D eigenvalue weighted by atomic mass is 16.5. The summed E-state index contributed by atoms with van der Waals surface area (Å²) in [5.41, 5.74) is 7.49. The highest BCUT2D eigenvalue weighted by Crippen LogP contribution is 2.34. The third-order valence-corrected chi connectivity index (χ3v) is 3.55. The lowest BCUT2D eigenvalue weighted by Crippen LogP contribution is -2.31. The van der Waals surface area contributed by atoms with Crippen molar-refractivity contribution in [1.29, 1.82) is 0 Å². The molecule has 0 radical (unpaired) electrons. The van der Waals surface area contributed by atoms with E-state index >= 15 is 0 Å². The zero-order chi connectivity index (χ0) is 16.6. The third-order valence-electron chi connectivity index (χ3n) is 3.55. The van der Waals surface area contributed by atoms with E-state index in [4.69, 9.17) is 10.5 Å². The van der Waals surface area contributed by atoms with Gasteiger partial charge in [0.15, 0.2) is 0 Å². The predicted molar refractivity (Wildman–Crippen MR) is 83.7 cm³/mol. The van der Waals surface area contributed by atoms with Crippen LogP contribution in [-0.4, -0.2) is 32.2 Å². The maximum atomic E-state index is 11.9. The van der Waals surface area contributed by atoms with Gasteiger partial charge in [-0.05, 0) is 48.9 Å². The molecule has 0 saturated carbocycles. The van der Waals surface area contributed by atoms with Crippen LogP contribution in [0, 0.1) is 0 Å². The van der Waals surface area contributed by atoms with E-state index in [1.807, 2.05) is 38.1 Å². The van der Waals surface area contributed by atoms with Crippen molar-refractivity contribution in [3.8, 4) is 5.75 Å². The molecule has 3 rings (SSSR count). The summed E-state index contributed by atoms with van der Waals surface area (Å²) >= 11 is 0. The van der Waals surface area contributed by atoms with Gasteiger partial charge in [-0.1, -0.05) is 17.2 Å². The van der Waals surface area contributed by atoms with Gasteiger partial charge < -0.3 is 15.8 Å². The van der Waals surface area contributed by atoms with E-state index in [1.165, 1.54) is 0 Å². The number of allylic oxidation sites excluding steroid dienone is 1. The Labute approximate surface area is 133 Å². The zero-order valence-corrected chi connectivity index (χ0v) is 13.1. The fourth-order valence-electron chi connectivity index (χ4n) is 2.64. The number of hydrogen-bond acceptors (Lipinski definition) is 6. The number of nitrogens with zero attached hydrogens (tertiary/aromatic N) is 4. The molecule has 1 aromatic carbocycles. The van der Waals surface area contributed by atoms with E-state index in [1.54, 1.807) is 11.6 Å². The first-order valence-electron chi connectivity index (χ1n) is 7.29. The summed E-state index contributed by atoms with van der Waals surface area (Å²) in [5, 5.41) is 14.5. The second-order valence-corrected chi connectivity index (χ2v) is 5.61. The van der Waals surface area contributed by atoms with Crippen molar-refractivity contribution < 1.29 is 9.53 Å². The summed E-state index contributed by atoms with van der Waals surface area (Å²) < 4.78 is 7.19. The Bertz CT molecular complexity index is 763. The van der Waals surface area contributed by atoms with Crippen LogP contribution in [-0.2, 0) is 4.79 Å². The molecular formula is C15H18N6O2. The number of amides is 1. The number of aromatic nitrogens is 4. The summed E-state index contributed by atoms with van der Waals surface area (Å²) in [6.07, 6.45) is 0.0918. The van der Waals surface area contributed by atoms with Crippen LogP contribution >= 0.6 is 0 Å². The largest absolute Gasteiger partial charge is 0.491 e. The Morgan fingerprint density at radius 3 is 2.65 bits per heavy atom. The number of nitrogens with two attached hydrogens (primary N) is 1. The number of rotatable bonds is 4. The smallest absolute Gasteiger partial charge is 0.248 e. The molecule has 8 nitrogen and oxygen atoms in total. The first-order chi connectivity index (χ1) is 11.0. The molecule has 0 spiro atoms. The van der Waals surface area contributed by atoms with Crippen LogP contribution in [0.1, 0.15) is 32.4 Å².